The molecule has 0 aliphatic carbocycles. The lowest BCUT2D eigenvalue weighted by Gasteiger charge is -2.17. The molecular weight excluding hydrogens is 515 g/mol. The second kappa shape index (κ2) is 10.4. The molecule has 1 unspecified atom stereocenters. The molecule has 10 nitrogen and oxygen atoms in total. The summed E-state index contributed by atoms with van der Waals surface area (Å²) in [6.45, 7) is 6.09. The molecule has 0 bridgehead atoms. The van der Waals surface area contributed by atoms with Crippen LogP contribution in [0.3, 0.4) is 0 Å². The quantitative estimate of drug-likeness (QED) is 0.222. The Morgan fingerprint density at radius 1 is 1.22 bits per heavy atom. The van der Waals surface area contributed by atoms with E-state index in [-0.39, 0.29) is 17.9 Å². The third-order valence-electron chi connectivity index (χ3n) is 5.57. The summed E-state index contributed by atoms with van der Waals surface area (Å²) in [5, 5.41) is 15.4. The zero-order chi connectivity index (χ0) is 25.2. The summed E-state index contributed by atoms with van der Waals surface area (Å²) in [7, 11) is 1.32. The highest BCUT2D eigenvalue weighted by molar-refractivity contribution is 8.68. The van der Waals surface area contributed by atoms with Crippen LogP contribution >= 0.6 is 33.8 Å². The number of amides is 1. The highest BCUT2D eigenvalue weighted by Crippen LogP contribution is 2.31. The van der Waals surface area contributed by atoms with E-state index in [1.165, 1.54) is 15.7 Å². The van der Waals surface area contributed by atoms with Gasteiger partial charge in [0.1, 0.15) is 5.69 Å². The molecule has 13 heteroatoms. The first-order valence-corrected chi connectivity index (χ1v) is 14.0. The Kier molecular flexibility index (Phi) is 7.03. The van der Waals surface area contributed by atoms with Crippen molar-refractivity contribution in [2.24, 2.45) is 0 Å². The van der Waals surface area contributed by atoms with Gasteiger partial charge in [-0.2, -0.15) is 4.68 Å². The maximum absolute atomic E-state index is 13.6. The predicted molar refractivity (Wildman–Crippen MR) is 144 cm³/mol. The number of rotatable bonds is 8. The van der Waals surface area contributed by atoms with Crippen LogP contribution in [0.15, 0.2) is 49.2 Å². The van der Waals surface area contributed by atoms with Gasteiger partial charge in [0.15, 0.2) is 11.5 Å². The number of thiophene rings is 1. The minimum absolute atomic E-state index is 0.0698. The first-order valence-electron chi connectivity index (χ1n) is 11.2. The van der Waals surface area contributed by atoms with E-state index < -0.39 is 0 Å². The van der Waals surface area contributed by atoms with Crippen LogP contribution in [0.1, 0.15) is 52.6 Å². The summed E-state index contributed by atoms with van der Waals surface area (Å²) in [6, 6.07) is 5.52. The molecule has 0 aromatic carbocycles. The lowest BCUT2D eigenvalue weighted by Crippen LogP contribution is -2.31. The normalized spacial score (nSPS) is 12.4. The van der Waals surface area contributed by atoms with E-state index in [2.05, 4.69) is 66.5 Å². The molecule has 0 spiro atoms. The molecule has 36 heavy (non-hydrogen) atoms. The Balaban J connectivity index is 1.63. The fraction of sp³-hybridized carbons (Fsp3) is 0.261. The highest BCUT2D eigenvalue weighted by Gasteiger charge is 2.23. The average Bonchev–Trinajstić information content (AvgIpc) is 3.63. The second-order valence-electron chi connectivity index (χ2n) is 8.42. The van der Waals surface area contributed by atoms with Crippen LogP contribution in [0, 0.1) is 6.92 Å². The number of hydrogen-bond donors (Lipinski definition) is 2. The largest absolute Gasteiger partial charge is 0.343 e. The lowest BCUT2D eigenvalue weighted by molar-refractivity contribution is 0.0939. The molecular formula is C23H23N9OS3. The smallest absolute Gasteiger partial charge is 0.253 e. The van der Waals surface area contributed by atoms with Crippen molar-refractivity contribution in [1.82, 2.24) is 44.9 Å². The predicted octanol–water partition coefficient (Wildman–Crippen LogP) is 4.31. The molecule has 0 aliphatic heterocycles. The fourth-order valence-corrected chi connectivity index (χ4v) is 5.56. The molecule has 1 N–H and O–H groups in total. The van der Waals surface area contributed by atoms with E-state index in [0.29, 0.717) is 34.2 Å². The van der Waals surface area contributed by atoms with Crippen molar-refractivity contribution >= 4 is 45.3 Å². The van der Waals surface area contributed by atoms with Gasteiger partial charge in [0.25, 0.3) is 5.91 Å². The molecule has 1 amide bonds. The molecule has 5 aromatic rings. The summed E-state index contributed by atoms with van der Waals surface area (Å²) in [6.07, 6.45) is 8.46. The van der Waals surface area contributed by atoms with Gasteiger partial charge in [-0.3, -0.25) is 19.2 Å². The number of fused-ring (bicyclic) bond motifs is 1. The Hall–Kier alpha value is -3.29. The number of carbonyl (C=O) groups excluding carboxylic acids is 1. The van der Waals surface area contributed by atoms with Crippen molar-refractivity contribution in [3.8, 4) is 16.3 Å². The van der Waals surface area contributed by atoms with E-state index in [9.17, 15) is 4.79 Å². The highest BCUT2D eigenvalue weighted by atomic mass is 33.1. The van der Waals surface area contributed by atoms with Gasteiger partial charge in [-0.05, 0) is 35.5 Å². The summed E-state index contributed by atoms with van der Waals surface area (Å²) < 4.78 is 3.57. The Morgan fingerprint density at radius 2 is 2.08 bits per heavy atom. The molecule has 0 saturated carbocycles. The van der Waals surface area contributed by atoms with Crippen molar-refractivity contribution in [3.05, 3.63) is 71.1 Å². The topological polar surface area (TPSA) is 116 Å². The summed E-state index contributed by atoms with van der Waals surface area (Å²) >= 11 is 5.95. The van der Waals surface area contributed by atoms with E-state index in [4.69, 9.17) is 0 Å². The number of nitrogens with zero attached hydrogens (tertiary/aromatic N) is 8. The molecule has 0 aliphatic rings. The van der Waals surface area contributed by atoms with Crippen LogP contribution in [0.4, 0.5) is 0 Å². The number of pyridine rings is 1. The SMILES string of the molecule is Cc1ccc(-c2cnc3c(-n4nnnc4C(C)C)cc(C(=O)NC(CSS)c4cnccn4)cn23)s1. The number of nitrogens with one attached hydrogen (secondary N) is 1. The lowest BCUT2D eigenvalue weighted by atomic mass is 10.1. The number of aryl methyl sites for hydroxylation is 1. The van der Waals surface area contributed by atoms with Crippen LogP contribution in [0.5, 0.6) is 0 Å². The maximum Gasteiger partial charge on any atom is 0.253 e. The zero-order valence-corrected chi connectivity index (χ0v) is 22.3. The van der Waals surface area contributed by atoms with E-state index >= 15 is 0 Å². The number of tetrazole rings is 1. The van der Waals surface area contributed by atoms with Crippen molar-refractivity contribution in [2.75, 3.05) is 5.75 Å². The molecule has 1 atom stereocenters. The van der Waals surface area contributed by atoms with Crippen LogP contribution in [0.25, 0.3) is 21.9 Å². The third-order valence-corrected chi connectivity index (χ3v) is 7.52. The van der Waals surface area contributed by atoms with Crippen LogP contribution < -0.4 is 5.32 Å². The van der Waals surface area contributed by atoms with Gasteiger partial charge in [-0.25, -0.2) is 4.98 Å². The minimum Gasteiger partial charge on any atom is -0.343 e. The molecule has 5 aromatic heterocycles. The fourth-order valence-electron chi connectivity index (χ4n) is 3.84. The molecule has 0 fully saturated rings. The van der Waals surface area contributed by atoms with Gasteiger partial charge in [0.05, 0.1) is 40.3 Å². The molecule has 5 heterocycles. The summed E-state index contributed by atoms with van der Waals surface area (Å²) in [4.78, 5) is 29.0. The number of aromatic nitrogens is 8. The number of imidazole rings is 1. The summed E-state index contributed by atoms with van der Waals surface area (Å²) in [5.41, 5.74) is 3.25. The molecule has 0 radical (unpaired) electrons. The van der Waals surface area contributed by atoms with E-state index in [0.717, 1.165) is 10.6 Å². The molecule has 184 valence electrons. The average molecular weight is 538 g/mol. The first kappa shape index (κ1) is 24.4. The molecule has 5 rings (SSSR count). The van der Waals surface area contributed by atoms with E-state index in [1.54, 1.807) is 46.9 Å². The summed E-state index contributed by atoms with van der Waals surface area (Å²) in [5.74, 6) is 1.01. The maximum atomic E-state index is 13.6. The zero-order valence-electron chi connectivity index (χ0n) is 19.7. The Labute approximate surface area is 220 Å². The number of hydrogen-bond acceptors (Lipinski definition) is 10. The van der Waals surface area contributed by atoms with Crippen molar-refractivity contribution < 1.29 is 4.79 Å². The monoisotopic (exact) mass is 537 g/mol. The Morgan fingerprint density at radius 3 is 2.78 bits per heavy atom. The van der Waals surface area contributed by atoms with Crippen molar-refractivity contribution in [3.63, 3.8) is 0 Å². The van der Waals surface area contributed by atoms with Gasteiger partial charge >= 0.3 is 0 Å². The van der Waals surface area contributed by atoms with Gasteiger partial charge < -0.3 is 5.32 Å². The standard InChI is InChI=1S/C23H23N9OS3/c1-13(2)21-28-29-30-32(21)18-8-15(23(33)27-17(12-35-34)16-9-24-6-7-25-16)11-31-19(10-26-22(18)31)20-5-4-14(3)36-20/h4-11,13,17,34H,12H2,1-3H3,(H,27,33). The van der Waals surface area contributed by atoms with E-state index in [1.807, 2.05) is 24.4 Å². The minimum atomic E-state index is -0.366. The van der Waals surface area contributed by atoms with Gasteiger partial charge in [0.2, 0.25) is 0 Å². The number of thiol groups is 1. The van der Waals surface area contributed by atoms with Gasteiger partial charge in [0, 0.05) is 35.1 Å². The van der Waals surface area contributed by atoms with Gasteiger partial charge in [-0.15, -0.1) is 28.1 Å². The second-order valence-corrected chi connectivity index (χ2v) is 11.1. The van der Waals surface area contributed by atoms with Crippen LogP contribution in [0.2, 0.25) is 0 Å². The number of carbonyl (C=O) groups is 1. The molecule has 0 saturated heterocycles. The third kappa shape index (κ3) is 4.73. The van der Waals surface area contributed by atoms with Crippen molar-refractivity contribution in [2.45, 2.75) is 32.7 Å². The first-order chi connectivity index (χ1) is 17.5. The van der Waals surface area contributed by atoms with Crippen molar-refractivity contribution in [1.29, 1.82) is 0 Å². The van der Waals surface area contributed by atoms with Crippen LogP contribution in [-0.4, -0.2) is 51.2 Å². The van der Waals surface area contributed by atoms with Crippen LogP contribution in [-0.2, 0) is 0 Å². The Bertz CT molecular complexity index is 1510. The van der Waals surface area contributed by atoms with Gasteiger partial charge in [-0.1, -0.05) is 24.6 Å².